The molecule has 6 nitrogen and oxygen atoms in total. The van der Waals surface area contributed by atoms with Crippen LogP contribution in [0.25, 0.3) is 10.2 Å². The molecule has 4 heterocycles. The van der Waals surface area contributed by atoms with Gasteiger partial charge in [0.1, 0.15) is 10.7 Å². The lowest BCUT2D eigenvalue weighted by Crippen LogP contribution is -2.43. The number of ether oxygens (including phenoxy) is 1. The Balaban J connectivity index is 1.70. The van der Waals surface area contributed by atoms with Crippen molar-refractivity contribution >= 4 is 27.5 Å². The predicted octanol–water partition coefficient (Wildman–Crippen LogP) is 3.13. The molecule has 1 atom stereocenters. The minimum absolute atomic E-state index is 0.0134. The number of carbonyl (C=O) groups excluding carboxylic acids is 1. The van der Waals surface area contributed by atoms with Crippen molar-refractivity contribution < 1.29 is 9.53 Å². The Hall–Kier alpha value is -1.73. The maximum atomic E-state index is 13.2. The number of aromatic nitrogens is 2. The van der Waals surface area contributed by atoms with Crippen LogP contribution in [0.4, 0.5) is 0 Å². The molecule has 1 amide bonds. The quantitative estimate of drug-likeness (QED) is 0.809. The number of carbonyl (C=O) groups is 1. The van der Waals surface area contributed by atoms with Crippen molar-refractivity contribution in [1.82, 2.24) is 14.5 Å². The van der Waals surface area contributed by atoms with Crippen LogP contribution in [0.15, 0.2) is 4.79 Å². The van der Waals surface area contributed by atoms with Crippen molar-refractivity contribution in [3.8, 4) is 0 Å². The van der Waals surface area contributed by atoms with Gasteiger partial charge in [-0.15, -0.1) is 11.3 Å². The van der Waals surface area contributed by atoms with Gasteiger partial charge in [0, 0.05) is 32.7 Å². The smallest absolute Gasteiger partial charge is 0.264 e. The van der Waals surface area contributed by atoms with Crippen molar-refractivity contribution in [2.45, 2.75) is 65.0 Å². The fourth-order valence-corrected chi connectivity index (χ4v) is 5.41. The third kappa shape index (κ3) is 3.43. The standard InChI is InChI=1S/C20H27N3O3S/c1-3-26-14-8-7-10-22(12-14)20(25)17-13(2)16-18(27-17)21-15-9-5-4-6-11-23(15)19(16)24/h14H,3-12H2,1-2H3. The number of hydrogen-bond acceptors (Lipinski definition) is 5. The van der Waals surface area contributed by atoms with Crippen molar-refractivity contribution in [3.05, 3.63) is 26.6 Å². The first-order chi connectivity index (χ1) is 13.1. The molecule has 1 unspecified atom stereocenters. The number of rotatable bonds is 3. The summed E-state index contributed by atoms with van der Waals surface area (Å²) in [5, 5.41) is 0.632. The molecule has 2 aromatic heterocycles. The normalized spacial score (nSPS) is 20.5. The van der Waals surface area contributed by atoms with Crippen LogP contribution in [-0.4, -0.2) is 46.2 Å². The highest BCUT2D eigenvalue weighted by atomic mass is 32.1. The summed E-state index contributed by atoms with van der Waals surface area (Å²) in [4.78, 5) is 34.3. The Morgan fingerprint density at radius 1 is 1.26 bits per heavy atom. The summed E-state index contributed by atoms with van der Waals surface area (Å²) in [6.45, 7) is 6.66. The third-order valence-electron chi connectivity index (χ3n) is 5.67. The molecule has 27 heavy (non-hydrogen) atoms. The molecule has 0 radical (unpaired) electrons. The van der Waals surface area contributed by atoms with Crippen molar-refractivity contribution in [2.75, 3.05) is 19.7 Å². The largest absolute Gasteiger partial charge is 0.377 e. The molecular weight excluding hydrogens is 362 g/mol. The van der Waals surface area contributed by atoms with Gasteiger partial charge in [-0.25, -0.2) is 4.98 Å². The summed E-state index contributed by atoms with van der Waals surface area (Å²) in [6.07, 6.45) is 6.13. The lowest BCUT2D eigenvalue weighted by atomic mass is 10.1. The molecule has 0 N–H and O–H groups in total. The van der Waals surface area contributed by atoms with Crippen LogP contribution in [0.1, 0.15) is 60.1 Å². The summed E-state index contributed by atoms with van der Waals surface area (Å²) in [7, 11) is 0. The number of thiophene rings is 1. The summed E-state index contributed by atoms with van der Waals surface area (Å²) in [6, 6.07) is 0. The number of hydrogen-bond donors (Lipinski definition) is 0. The van der Waals surface area contributed by atoms with Gasteiger partial charge in [-0.3, -0.25) is 14.2 Å². The fourth-order valence-electron chi connectivity index (χ4n) is 4.25. The van der Waals surface area contributed by atoms with Gasteiger partial charge in [0.05, 0.1) is 16.4 Å². The highest BCUT2D eigenvalue weighted by Gasteiger charge is 2.29. The number of nitrogens with zero attached hydrogens (tertiary/aromatic N) is 3. The average molecular weight is 390 g/mol. The molecule has 1 fully saturated rings. The van der Waals surface area contributed by atoms with Gasteiger partial charge in [0.2, 0.25) is 0 Å². The van der Waals surface area contributed by atoms with Crippen molar-refractivity contribution in [2.24, 2.45) is 0 Å². The van der Waals surface area contributed by atoms with Crippen LogP contribution < -0.4 is 5.56 Å². The van der Waals surface area contributed by atoms with Crippen LogP contribution in [0.5, 0.6) is 0 Å². The van der Waals surface area contributed by atoms with Crippen LogP contribution in [0, 0.1) is 6.92 Å². The number of amides is 1. The first-order valence-electron chi connectivity index (χ1n) is 10.0. The SMILES string of the molecule is CCOC1CCCN(C(=O)c2sc3nc4n(c(=O)c3c2C)CCCCC4)C1. The first-order valence-corrected chi connectivity index (χ1v) is 10.9. The molecule has 0 saturated carbocycles. The van der Waals surface area contributed by atoms with E-state index in [0.717, 1.165) is 63.0 Å². The first kappa shape index (κ1) is 18.6. The van der Waals surface area contributed by atoms with E-state index in [4.69, 9.17) is 9.72 Å². The number of piperidine rings is 1. The van der Waals surface area contributed by atoms with E-state index in [9.17, 15) is 9.59 Å². The highest BCUT2D eigenvalue weighted by molar-refractivity contribution is 7.20. The van der Waals surface area contributed by atoms with E-state index in [1.807, 2.05) is 23.3 Å². The van der Waals surface area contributed by atoms with E-state index in [1.165, 1.54) is 11.3 Å². The Morgan fingerprint density at radius 3 is 2.93 bits per heavy atom. The van der Waals surface area contributed by atoms with Crippen LogP contribution >= 0.6 is 11.3 Å². The molecule has 2 aliphatic rings. The van der Waals surface area contributed by atoms with Gasteiger partial charge in [-0.2, -0.15) is 0 Å². The summed E-state index contributed by atoms with van der Waals surface area (Å²) < 4.78 is 7.56. The second kappa shape index (κ2) is 7.72. The van der Waals surface area contributed by atoms with Crippen LogP contribution in [0.2, 0.25) is 0 Å². The molecule has 0 aliphatic carbocycles. The average Bonchev–Trinajstić information content (AvgIpc) is 2.84. The Morgan fingerprint density at radius 2 is 2.11 bits per heavy atom. The second-order valence-corrected chi connectivity index (χ2v) is 8.50. The van der Waals surface area contributed by atoms with Gasteiger partial charge in [0.25, 0.3) is 11.5 Å². The molecule has 2 aromatic rings. The Kier molecular flexibility index (Phi) is 5.32. The molecule has 0 spiro atoms. The molecule has 1 saturated heterocycles. The van der Waals surface area contributed by atoms with E-state index >= 15 is 0 Å². The van der Waals surface area contributed by atoms with Gasteiger partial charge < -0.3 is 9.64 Å². The molecule has 7 heteroatoms. The van der Waals surface area contributed by atoms with Gasteiger partial charge in [0.15, 0.2) is 0 Å². The van der Waals surface area contributed by atoms with E-state index < -0.39 is 0 Å². The molecule has 2 aliphatic heterocycles. The zero-order chi connectivity index (χ0) is 19.0. The lowest BCUT2D eigenvalue weighted by molar-refractivity contribution is 0.00740. The minimum atomic E-state index is 0.0134. The van der Waals surface area contributed by atoms with E-state index in [-0.39, 0.29) is 17.6 Å². The Bertz CT molecular complexity index is 915. The number of likely N-dealkylation sites (tertiary alicyclic amines) is 1. The zero-order valence-electron chi connectivity index (χ0n) is 16.1. The van der Waals surface area contributed by atoms with Gasteiger partial charge in [-0.1, -0.05) is 6.42 Å². The fraction of sp³-hybridized carbons (Fsp3) is 0.650. The highest BCUT2D eigenvalue weighted by Crippen LogP contribution is 2.30. The summed E-state index contributed by atoms with van der Waals surface area (Å²) in [5.41, 5.74) is 0.811. The third-order valence-corrected chi connectivity index (χ3v) is 6.85. The van der Waals surface area contributed by atoms with Gasteiger partial charge in [-0.05, 0) is 45.1 Å². The second-order valence-electron chi connectivity index (χ2n) is 7.50. The maximum absolute atomic E-state index is 13.2. The molecule has 0 bridgehead atoms. The van der Waals surface area contributed by atoms with Crippen LogP contribution in [-0.2, 0) is 17.7 Å². The summed E-state index contributed by atoms with van der Waals surface area (Å²) in [5.74, 6) is 0.888. The van der Waals surface area contributed by atoms with E-state index in [2.05, 4.69) is 0 Å². The van der Waals surface area contributed by atoms with Crippen molar-refractivity contribution in [1.29, 1.82) is 0 Å². The molecular formula is C20H27N3O3S. The molecule has 146 valence electrons. The predicted molar refractivity (Wildman–Crippen MR) is 107 cm³/mol. The molecule has 0 aromatic carbocycles. The topological polar surface area (TPSA) is 64.4 Å². The van der Waals surface area contributed by atoms with Crippen molar-refractivity contribution in [3.63, 3.8) is 0 Å². The number of aryl methyl sites for hydroxylation is 2. The molecule has 4 rings (SSSR count). The minimum Gasteiger partial charge on any atom is -0.377 e. The monoisotopic (exact) mass is 389 g/mol. The van der Waals surface area contributed by atoms with Crippen LogP contribution in [0.3, 0.4) is 0 Å². The Labute approximate surface area is 163 Å². The maximum Gasteiger partial charge on any atom is 0.264 e. The summed E-state index contributed by atoms with van der Waals surface area (Å²) >= 11 is 1.38. The number of fused-ring (bicyclic) bond motifs is 2. The van der Waals surface area contributed by atoms with E-state index in [0.29, 0.717) is 28.2 Å². The zero-order valence-corrected chi connectivity index (χ0v) is 16.9. The van der Waals surface area contributed by atoms with E-state index in [1.54, 1.807) is 0 Å². The lowest BCUT2D eigenvalue weighted by Gasteiger charge is -2.32. The van der Waals surface area contributed by atoms with Gasteiger partial charge >= 0.3 is 0 Å².